The molecule has 0 amide bonds. The van der Waals surface area contributed by atoms with E-state index in [4.69, 9.17) is 10.5 Å². The molecule has 0 aliphatic carbocycles. The standard InChI is InChI=1S/C11H17N3O/c1-9-7-11(13-8-10(9)12)14-3-2-5-15-6-4-14/h7-8H,2-6,12H2,1H3. The van der Waals surface area contributed by atoms with Crippen LogP contribution in [0.4, 0.5) is 11.5 Å². The van der Waals surface area contributed by atoms with Crippen molar-refractivity contribution >= 4 is 11.5 Å². The number of hydrogen-bond acceptors (Lipinski definition) is 4. The van der Waals surface area contributed by atoms with Gasteiger partial charge in [-0.1, -0.05) is 0 Å². The van der Waals surface area contributed by atoms with Gasteiger partial charge in [0.1, 0.15) is 5.82 Å². The minimum absolute atomic E-state index is 0.754. The number of nitrogens with two attached hydrogens (primary N) is 1. The number of ether oxygens (including phenoxy) is 1. The highest BCUT2D eigenvalue weighted by molar-refractivity contribution is 5.52. The third-order valence-corrected chi connectivity index (χ3v) is 2.68. The van der Waals surface area contributed by atoms with Crippen LogP contribution in [-0.2, 0) is 4.74 Å². The molecule has 0 radical (unpaired) electrons. The number of pyridine rings is 1. The average Bonchev–Trinajstić information content (AvgIpc) is 2.50. The number of aromatic nitrogens is 1. The van der Waals surface area contributed by atoms with E-state index in [1.807, 2.05) is 13.0 Å². The monoisotopic (exact) mass is 207 g/mol. The van der Waals surface area contributed by atoms with Crippen molar-refractivity contribution in [3.8, 4) is 0 Å². The predicted octanol–water partition coefficient (Wildman–Crippen LogP) is 1.20. The molecule has 1 aromatic heterocycles. The zero-order valence-electron chi connectivity index (χ0n) is 9.07. The van der Waals surface area contributed by atoms with Crippen LogP contribution in [-0.4, -0.2) is 31.3 Å². The summed E-state index contributed by atoms with van der Waals surface area (Å²) in [5.41, 5.74) is 7.59. The maximum Gasteiger partial charge on any atom is 0.128 e. The second kappa shape index (κ2) is 4.49. The minimum atomic E-state index is 0.754. The first-order chi connectivity index (χ1) is 7.27. The second-order valence-electron chi connectivity index (χ2n) is 3.85. The Morgan fingerprint density at radius 1 is 1.40 bits per heavy atom. The lowest BCUT2D eigenvalue weighted by atomic mass is 10.2. The molecule has 15 heavy (non-hydrogen) atoms. The van der Waals surface area contributed by atoms with Crippen LogP contribution in [0.5, 0.6) is 0 Å². The van der Waals surface area contributed by atoms with Gasteiger partial charge in [-0.05, 0) is 25.0 Å². The summed E-state index contributed by atoms with van der Waals surface area (Å²) in [6.45, 7) is 5.57. The third kappa shape index (κ3) is 2.39. The highest BCUT2D eigenvalue weighted by atomic mass is 16.5. The van der Waals surface area contributed by atoms with E-state index in [0.29, 0.717) is 0 Å². The van der Waals surface area contributed by atoms with Gasteiger partial charge in [0.15, 0.2) is 0 Å². The fourth-order valence-electron chi connectivity index (χ4n) is 1.70. The fourth-order valence-corrected chi connectivity index (χ4v) is 1.70. The zero-order valence-corrected chi connectivity index (χ0v) is 9.07. The Hall–Kier alpha value is -1.29. The van der Waals surface area contributed by atoms with Gasteiger partial charge < -0.3 is 15.4 Å². The van der Waals surface area contributed by atoms with Crippen molar-refractivity contribution in [1.82, 2.24) is 4.98 Å². The van der Waals surface area contributed by atoms with Crippen molar-refractivity contribution in [2.45, 2.75) is 13.3 Å². The van der Waals surface area contributed by atoms with Gasteiger partial charge in [0, 0.05) is 19.7 Å². The van der Waals surface area contributed by atoms with E-state index >= 15 is 0 Å². The molecule has 1 aliphatic rings. The summed E-state index contributed by atoms with van der Waals surface area (Å²) in [7, 11) is 0. The Balaban J connectivity index is 2.16. The molecule has 4 nitrogen and oxygen atoms in total. The molecule has 1 saturated heterocycles. The molecule has 0 unspecified atom stereocenters. The summed E-state index contributed by atoms with van der Waals surface area (Å²) in [6, 6.07) is 2.04. The molecule has 2 heterocycles. The average molecular weight is 207 g/mol. The Bertz CT molecular complexity index is 333. The lowest BCUT2D eigenvalue weighted by Crippen LogP contribution is -2.26. The van der Waals surface area contributed by atoms with Gasteiger partial charge in [-0.15, -0.1) is 0 Å². The molecule has 1 aromatic rings. The van der Waals surface area contributed by atoms with Crippen LogP contribution in [0.15, 0.2) is 12.3 Å². The number of nitrogen functional groups attached to an aromatic ring is 1. The number of aryl methyl sites for hydroxylation is 1. The van der Waals surface area contributed by atoms with E-state index in [-0.39, 0.29) is 0 Å². The Labute approximate surface area is 90.0 Å². The molecule has 0 spiro atoms. The van der Waals surface area contributed by atoms with Crippen molar-refractivity contribution < 1.29 is 4.74 Å². The fraction of sp³-hybridized carbons (Fsp3) is 0.545. The summed E-state index contributed by atoms with van der Waals surface area (Å²) < 4.78 is 5.41. The highest BCUT2D eigenvalue weighted by Gasteiger charge is 2.11. The smallest absolute Gasteiger partial charge is 0.128 e. The van der Waals surface area contributed by atoms with E-state index in [9.17, 15) is 0 Å². The summed E-state index contributed by atoms with van der Waals surface area (Å²) in [5, 5.41) is 0. The summed E-state index contributed by atoms with van der Waals surface area (Å²) in [6.07, 6.45) is 2.79. The topological polar surface area (TPSA) is 51.4 Å². The lowest BCUT2D eigenvalue weighted by molar-refractivity contribution is 0.152. The number of hydrogen-bond donors (Lipinski definition) is 1. The van der Waals surface area contributed by atoms with Crippen molar-refractivity contribution in [1.29, 1.82) is 0 Å². The molecular weight excluding hydrogens is 190 g/mol. The van der Waals surface area contributed by atoms with Gasteiger partial charge in [0.2, 0.25) is 0 Å². The van der Waals surface area contributed by atoms with Gasteiger partial charge in [0.25, 0.3) is 0 Å². The van der Waals surface area contributed by atoms with Crippen LogP contribution < -0.4 is 10.6 Å². The molecule has 0 atom stereocenters. The summed E-state index contributed by atoms with van der Waals surface area (Å²) >= 11 is 0. The molecular formula is C11H17N3O. The van der Waals surface area contributed by atoms with E-state index < -0.39 is 0 Å². The first-order valence-electron chi connectivity index (χ1n) is 5.32. The molecule has 2 rings (SSSR count). The normalized spacial score (nSPS) is 17.5. The highest BCUT2D eigenvalue weighted by Crippen LogP contribution is 2.18. The molecule has 1 fully saturated rings. The van der Waals surface area contributed by atoms with Crippen LogP contribution in [0.1, 0.15) is 12.0 Å². The molecule has 1 aliphatic heterocycles. The number of anilines is 2. The van der Waals surface area contributed by atoms with Crippen LogP contribution >= 0.6 is 0 Å². The maximum atomic E-state index is 5.74. The summed E-state index contributed by atoms with van der Waals surface area (Å²) in [5.74, 6) is 1.01. The van der Waals surface area contributed by atoms with Crippen LogP contribution in [0.2, 0.25) is 0 Å². The van der Waals surface area contributed by atoms with E-state index in [1.54, 1.807) is 6.20 Å². The Morgan fingerprint density at radius 3 is 3.07 bits per heavy atom. The quantitative estimate of drug-likeness (QED) is 0.751. The van der Waals surface area contributed by atoms with Gasteiger partial charge >= 0.3 is 0 Å². The molecule has 0 aromatic carbocycles. The molecule has 4 heteroatoms. The van der Waals surface area contributed by atoms with Crippen molar-refractivity contribution in [2.75, 3.05) is 36.9 Å². The molecule has 0 saturated carbocycles. The first kappa shape index (κ1) is 10.2. The molecule has 0 bridgehead atoms. The van der Waals surface area contributed by atoms with Gasteiger partial charge in [-0.3, -0.25) is 0 Å². The van der Waals surface area contributed by atoms with Crippen LogP contribution in [0, 0.1) is 6.92 Å². The molecule has 2 N–H and O–H groups in total. The van der Waals surface area contributed by atoms with E-state index in [2.05, 4.69) is 9.88 Å². The van der Waals surface area contributed by atoms with Gasteiger partial charge in [-0.25, -0.2) is 4.98 Å². The van der Waals surface area contributed by atoms with Crippen molar-refractivity contribution in [3.05, 3.63) is 17.8 Å². The lowest BCUT2D eigenvalue weighted by Gasteiger charge is -2.21. The predicted molar refractivity (Wildman–Crippen MR) is 61.0 cm³/mol. The van der Waals surface area contributed by atoms with Gasteiger partial charge in [0.05, 0.1) is 18.5 Å². The van der Waals surface area contributed by atoms with Crippen molar-refractivity contribution in [2.24, 2.45) is 0 Å². The zero-order chi connectivity index (χ0) is 10.7. The maximum absolute atomic E-state index is 5.74. The summed E-state index contributed by atoms with van der Waals surface area (Å²) in [4.78, 5) is 6.60. The molecule has 82 valence electrons. The third-order valence-electron chi connectivity index (χ3n) is 2.68. The van der Waals surface area contributed by atoms with Crippen molar-refractivity contribution in [3.63, 3.8) is 0 Å². The van der Waals surface area contributed by atoms with E-state index in [1.165, 1.54) is 0 Å². The number of rotatable bonds is 1. The van der Waals surface area contributed by atoms with E-state index in [0.717, 1.165) is 49.8 Å². The van der Waals surface area contributed by atoms with Crippen LogP contribution in [0.3, 0.4) is 0 Å². The largest absolute Gasteiger partial charge is 0.397 e. The SMILES string of the molecule is Cc1cc(N2CCCOCC2)ncc1N. The number of nitrogens with zero attached hydrogens (tertiary/aromatic N) is 2. The second-order valence-corrected chi connectivity index (χ2v) is 3.85. The van der Waals surface area contributed by atoms with Gasteiger partial charge in [-0.2, -0.15) is 0 Å². The Kier molecular flexibility index (Phi) is 3.06. The van der Waals surface area contributed by atoms with Crippen LogP contribution in [0.25, 0.3) is 0 Å². The Morgan fingerprint density at radius 2 is 2.27 bits per heavy atom. The minimum Gasteiger partial charge on any atom is -0.397 e. The first-order valence-corrected chi connectivity index (χ1v) is 5.32.